The van der Waals surface area contributed by atoms with Crippen LogP contribution < -0.4 is 4.74 Å². The number of halogens is 1. The zero-order chi connectivity index (χ0) is 18.7. The lowest BCUT2D eigenvalue weighted by molar-refractivity contribution is 0.0595. The molecule has 0 bridgehead atoms. The van der Waals surface area contributed by atoms with Crippen LogP contribution in [-0.4, -0.2) is 46.0 Å². The maximum Gasteiger partial charge on any atom is 0.356 e. The van der Waals surface area contributed by atoms with E-state index in [0.717, 1.165) is 51.2 Å². The Balaban J connectivity index is 2.02. The molecule has 0 aliphatic heterocycles. The van der Waals surface area contributed by atoms with Crippen molar-refractivity contribution in [3.8, 4) is 5.75 Å². The lowest BCUT2D eigenvalue weighted by atomic mass is 10.1. The van der Waals surface area contributed by atoms with Gasteiger partial charge in [-0.25, -0.2) is 4.79 Å². The minimum atomic E-state index is -3.31. The smallest absolute Gasteiger partial charge is 0.356 e. The molecule has 0 amide bonds. The molecular formula is C16H26ClNO6S. The van der Waals surface area contributed by atoms with Crippen molar-refractivity contribution in [2.24, 2.45) is 0 Å². The number of rotatable bonds is 13. The zero-order valence-corrected chi connectivity index (χ0v) is 16.2. The van der Waals surface area contributed by atoms with Crippen LogP contribution >= 0.6 is 11.6 Å². The van der Waals surface area contributed by atoms with E-state index in [0.29, 0.717) is 12.4 Å². The van der Waals surface area contributed by atoms with Gasteiger partial charge in [0.1, 0.15) is 10.7 Å². The van der Waals surface area contributed by atoms with E-state index in [1.807, 2.05) is 0 Å². The Hall–Kier alpha value is -1.25. The van der Waals surface area contributed by atoms with Gasteiger partial charge in [-0.2, -0.15) is 8.42 Å². The van der Waals surface area contributed by atoms with E-state index >= 15 is 0 Å². The third-order valence-corrected chi connectivity index (χ3v) is 4.49. The summed E-state index contributed by atoms with van der Waals surface area (Å²) in [6.07, 6.45) is 9.49. The van der Waals surface area contributed by atoms with Gasteiger partial charge in [-0.1, -0.05) is 43.7 Å². The fourth-order valence-corrected chi connectivity index (χ4v) is 2.89. The number of hydrogen-bond donors (Lipinski definition) is 1. The molecule has 144 valence electrons. The summed E-state index contributed by atoms with van der Waals surface area (Å²) < 4.78 is 36.4. The van der Waals surface area contributed by atoms with Gasteiger partial charge < -0.3 is 14.5 Å². The zero-order valence-electron chi connectivity index (χ0n) is 14.7. The molecule has 0 unspecified atom stereocenters. The van der Waals surface area contributed by atoms with Gasteiger partial charge in [0.2, 0.25) is 0 Å². The maximum atomic E-state index is 11.4. The lowest BCUT2D eigenvalue weighted by Gasteiger charge is -2.05. The Morgan fingerprint density at radius 2 is 1.64 bits per heavy atom. The summed E-state index contributed by atoms with van der Waals surface area (Å²) >= 11 is 6.04. The Kier molecular flexibility index (Phi) is 9.92. The highest BCUT2D eigenvalue weighted by molar-refractivity contribution is 7.85. The van der Waals surface area contributed by atoms with Crippen molar-refractivity contribution in [3.63, 3.8) is 0 Å². The highest BCUT2D eigenvalue weighted by Crippen LogP contribution is 2.28. The number of nitrogens with one attached hydrogen (secondary N) is 1. The van der Waals surface area contributed by atoms with Crippen LogP contribution in [0.15, 0.2) is 6.20 Å². The quantitative estimate of drug-likeness (QED) is 0.312. The number of carbonyl (C=O) groups is 1. The Labute approximate surface area is 154 Å². The SMILES string of the molecule is COC(=O)c1[nH]cc(OCCCCCCCCCOS(C)(=O)=O)c1Cl. The van der Waals surface area contributed by atoms with Crippen LogP contribution in [0, 0.1) is 0 Å². The molecule has 9 heteroatoms. The average molecular weight is 396 g/mol. The van der Waals surface area contributed by atoms with Crippen LogP contribution in [0.4, 0.5) is 0 Å². The van der Waals surface area contributed by atoms with Crippen molar-refractivity contribution in [2.45, 2.75) is 44.9 Å². The van der Waals surface area contributed by atoms with E-state index in [2.05, 4.69) is 13.9 Å². The van der Waals surface area contributed by atoms with Crippen LogP contribution in [0.2, 0.25) is 5.02 Å². The fourth-order valence-electron chi connectivity index (χ4n) is 2.22. The fraction of sp³-hybridized carbons (Fsp3) is 0.688. The first-order chi connectivity index (χ1) is 11.8. The number of hydrogen-bond acceptors (Lipinski definition) is 6. The molecule has 0 aliphatic rings. The molecule has 0 spiro atoms. The molecule has 0 saturated carbocycles. The average Bonchev–Trinajstić information content (AvgIpc) is 2.91. The van der Waals surface area contributed by atoms with Gasteiger partial charge in [0.25, 0.3) is 10.1 Å². The highest BCUT2D eigenvalue weighted by atomic mass is 35.5. The van der Waals surface area contributed by atoms with Crippen LogP contribution in [0.5, 0.6) is 5.75 Å². The molecular weight excluding hydrogens is 370 g/mol. The largest absolute Gasteiger partial charge is 0.490 e. The van der Waals surface area contributed by atoms with Crippen LogP contribution in [-0.2, 0) is 19.0 Å². The molecule has 0 atom stereocenters. The summed E-state index contributed by atoms with van der Waals surface area (Å²) in [4.78, 5) is 14.1. The summed E-state index contributed by atoms with van der Waals surface area (Å²) in [5.74, 6) is -0.0743. The molecule has 1 aromatic rings. The number of unbranched alkanes of at least 4 members (excludes halogenated alkanes) is 6. The van der Waals surface area contributed by atoms with Gasteiger partial charge in [-0.15, -0.1) is 0 Å². The molecule has 1 rings (SSSR count). The number of aromatic amines is 1. The predicted octanol–water partition coefficient (Wildman–Crippen LogP) is 3.54. The second-order valence-electron chi connectivity index (χ2n) is 5.68. The molecule has 1 aromatic heterocycles. The molecule has 1 N–H and O–H groups in total. The first-order valence-electron chi connectivity index (χ1n) is 8.27. The van der Waals surface area contributed by atoms with Gasteiger partial charge in [0.05, 0.1) is 26.6 Å². The summed E-state index contributed by atoms with van der Waals surface area (Å²) in [6, 6.07) is 0. The second kappa shape index (κ2) is 11.4. The highest BCUT2D eigenvalue weighted by Gasteiger charge is 2.17. The van der Waals surface area contributed by atoms with E-state index in [4.69, 9.17) is 16.3 Å². The molecule has 0 fully saturated rings. The number of ether oxygens (including phenoxy) is 2. The van der Waals surface area contributed by atoms with Crippen LogP contribution in [0.25, 0.3) is 0 Å². The summed E-state index contributed by atoms with van der Waals surface area (Å²) in [6.45, 7) is 0.790. The number of methoxy groups -OCH3 is 1. The van der Waals surface area contributed by atoms with Crippen LogP contribution in [0.3, 0.4) is 0 Å². The molecule has 7 nitrogen and oxygen atoms in total. The first-order valence-corrected chi connectivity index (χ1v) is 10.5. The minimum absolute atomic E-state index is 0.194. The topological polar surface area (TPSA) is 94.7 Å². The normalized spacial score (nSPS) is 11.5. The van der Waals surface area contributed by atoms with E-state index in [1.54, 1.807) is 6.20 Å². The van der Waals surface area contributed by atoms with Crippen LogP contribution in [0.1, 0.15) is 55.4 Å². The molecule has 0 aromatic carbocycles. The van der Waals surface area contributed by atoms with Crippen molar-refractivity contribution in [1.29, 1.82) is 0 Å². The lowest BCUT2D eigenvalue weighted by Crippen LogP contribution is -2.03. The van der Waals surface area contributed by atoms with E-state index < -0.39 is 16.1 Å². The summed E-state index contributed by atoms with van der Waals surface area (Å²) in [5, 5.41) is 0.239. The number of esters is 1. The van der Waals surface area contributed by atoms with Crippen molar-refractivity contribution < 1.29 is 26.9 Å². The number of carbonyl (C=O) groups excluding carboxylic acids is 1. The van der Waals surface area contributed by atoms with Gasteiger partial charge in [0, 0.05) is 6.20 Å². The van der Waals surface area contributed by atoms with E-state index in [1.165, 1.54) is 7.11 Å². The minimum Gasteiger partial charge on any atom is -0.490 e. The number of aromatic nitrogens is 1. The predicted molar refractivity (Wildman–Crippen MR) is 95.8 cm³/mol. The van der Waals surface area contributed by atoms with Crippen molar-refractivity contribution in [2.75, 3.05) is 26.6 Å². The van der Waals surface area contributed by atoms with Crippen molar-refractivity contribution >= 4 is 27.7 Å². The van der Waals surface area contributed by atoms with Crippen molar-refractivity contribution in [3.05, 3.63) is 16.9 Å². The molecule has 25 heavy (non-hydrogen) atoms. The van der Waals surface area contributed by atoms with Gasteiger partial charge in [-0.3, -0.25) is 4.18 Å². The second-order valence-corrected chi connectivity index (χ2v) is 7.70. The van der Waals surface area contributed by atoms with E-state index in [9.17, 15) is 13.2 Å². The van der Waals surface area contributed by atoms with Gasteiger partial charge in [-0.05, 0) is 12.8 Å². The first kappa shape index (κ1) is 21.8. The van der Waals surface area contributed by atoms with E-state index in [-0.39, 0.29) is 17.3 Å². The summed E-state index contributed by atoms with van der Waals surface area (Å²) in [5.41, 5.74) is 0.194. The summed E-state index contributed by atoms with van der Waals surface area (Å²) in [7, 11) is -2.02. The number of H-pyrrole nitrogens is 1. The standard InChI is InChI=1S/C16H26ClNO6S/c1-22-16(19)15-14(17)13(12-18-15)23-10-8-6-4-3-5-7-9-11-24-25(2,20)21/h12,18H,3-11H2,1-2H3. The molecule has 0 saturated heterocycles. The molecule has 1 heterocycles. The monoisotopic (exact) mass is 395 g/mol. The molecule has 0 radical (unpaired) electrons. The third kappa shape index (κ3) is 9.13. The maximum absolute atomic E-state index is 11.4. The third-order valence-electron chi connectivity index (χ3n) is 3.52. The van der Waals surface area contributed by atoms with Gasteiger partial charge in [0.15, 0.2) is 5.75 Å². The Morgan fingerprint density at radius 3 is 2.20 bits per heavy atom. The van der Waals surface area contributed by atoms with Crippen molar-refractivity contribution in [1.82, 2.24) is 4.98 Å². The Morgan fingerprint density at radius 1 is 1.08 bits per heavy atom. The molecule has 0 aliphatic carbocycles. The Bertz CT molecular complexity index is 629. The van der Waals surface area contributed by atoms with Gasteiger partial charge >= 0.3 is 5.97 Å².